The third-order valence-corrected chi connectivity index (χ3v) is 7.91. The van der Waals surface area contributed by atoms with Gasteiger partial charge in [0.25, 0.3) is 5.91 Å². The van der Waals surface area contributed by atoms with E-state index < -0.39 is 5.54 Å². The molecule has 8 nitrogen and oxygen atoms in total. The first-order chi connectivity index (χ1) is 17.4. The lowest BCUT2D eigenvalue weighted by Crippen LogP contribution is -2.65. The highest BCUT2D eigenvalue weighted by atomic mass is 16.5. The van der Waals surface area contributed by atoms with Crippen molar-refractivity contribution in [3.05, 3.63) is 54.0 Å². The molecule has 0 saturated heterocycles. The van der Waals surface area contributed by atoms with Crippen molar-refractivity contribution in [3.8, 4) is 11.5 Å². The predicted octanol–water partition coefficient (Wildman–Crippen LogP) is 4.16. The van der Waals surface area contributed by atoms with Crippen molar-refractivity contribution in [3.63, 3.8) is 0 Å². The van der Waals surface area contributed by atoms with Crippen molar-refractivity contribution >= 4 is 22.7 Å². The van der Waals surface area contributed by atoms with Crippen molar-refractivity contribution in [2.45, 2.75) is 64.2 Å². The van der Waals surface area contributed by atoms with E-state index in [4.69, 9.17) is 9.47 Å². The fourth-order valence-corrected chi connectivity index (χ4v) is 5.71. The number of rotatable bonds is 6. The summed E-state index contributed by atoms with van der Waals surface area (Å²) in [6.45, 7) is 4.58. The second kappa shape index (κ2) is 9.48. The predicted molar refractivity (Wildman–Crippen MR) is 137 cm³/mol. The van der Waals surface area contributed by atoms with Gasteiger partial charge < -0.3 is 24.3 Å². The Labute approximate surface area is 211 Å². The van der Waals surface area contributed by atoms with E-state index in [0.29, 0.717) is 29.7 Å². The molecule has 8 heteroatoms. The van der Waals surface area contributed by atoms with Crippen LogP contribution in [0, 0.1) is 5.92 Å². The second-order valence-electron chi connectivity index (χ2n) is 10.2. The monoisotopic (exact) mass is 490 g/mol. The Bertz CT molecular complexity index is 1290. The minimum atomic E-state index is -1.13. The number of amides is 2. The van der Waals surface area contributed by atoms with Gasteiger partial charge in [0.2, 0.25) is 5.91 Å². The highest BCUT2D eigenvalue weighted by Gasteiger charge is 2.49. The number of hydrogen-bond donors (Lipinski definition) is 1. The maximum atomic E-state index is 14.1. The number of methoxy groups -OCH3 is 2. The Balaban J connectivity index is 1.62. The molecule has 1 N–H and O–H groups in total. The van der Waals surface area contributed by atoms with Crippen LogP contribution in [0.3, 0.4) is 0 Å². The van der Waals surface area contributed by atoms with Crippen LogP contribution in [0.2, 0.25) is 0 Å². The van der Waals surface area contributed by atoms with Gasteiger partial charge >= 0.3 is 0 Å². The molecule has 1 aliphatic carbocycles. The molecule has 3 heterocycles. The first kappa shape index (κ1) is 24.2. The van der Waals surface area contributed by atoms with E-state index in [1.165, 1.54) is 6.42 Å². The van der Waals surface area contributed by atoms with Gasteiger partial charge in [0.15, 0.2) is 0 Å². The quantitative estimate of drug-likeness (QED) is 0.561. The van der Waals surface area contributed by atoms with Crippen molar-refractivity contribution in [1.29, 1.82) is 0 Å². The second-order valence-corrected chi connectivity index (χ2v) is 10.2. The van der Waals surface area contributed by atoms with Gasteiger partial charge in [-0.1, -0.05) is 25.8 Å². The topological polar surface area (TPSA) is 85.7 Å². The van der Waals surface area contributed by atoms with Crippen LogP contribution in [0.5, 0.6) is 11.5 Å². The standard InChI is InChI=1S/C28H34N4O4/c1-18-9-5-6-11-21(18)30-27(34)28(2)17-31-22(26(33)32(28)16-19-10-7-8-14-29-19)15-20-23(35-3)12-13-24(36-4)25(20)31/h7-8,10,12-15,18,21H,5-6,9,11,16-17H2,1-4H3,(H,30,34)/t18-,21+,28-/m1/s1. The number of pyridine rings is 1. The zero-order valence-corrected chi connectivity index (χ0v) is 21.4. The van der Waals surface area contributed by atoms with Crippen molar-refractivity contribution in [2.24, 2.45) is 5.92 Å². The van der Waals surface area contributed by atoms with E-state index in [-0.39, 0.29) is 24.4 Å². The van der Waals surface area contributed by atoms with Crippen LogP contribution >= 0.6 is 0 Å². The molecule has 2 aliphatic rings. The Morgan fingerprint density at radius 1 is 1.14 bits per heavy atom. The van der Waals surface area contributed by atoms with Gasteiger partial charge in [-0.3, -0.25) is 14.6 Å². The molecule has 5 rings (SSSR count). The van der Waals surface area contributed by atoms with E-state index in [1.807, 2.05) is 47.9 Å². The molecule has 36 heavy (non-hydrogen) atoms. The van der Waals surface area contributed by atoms with Gasteiger partial charge in [0.1, 0.15) is 22.7 Å². The van der Waals surface area contributed by atoms with Crippen LogP contribution in [-0.2, 0) is 17.9 Å². The molecule has 1 aromatic carbocycles. The molecule has 3 aromatic rings. The van der Waals surface area contributed by atoms with Gasteiger partial charge in [-0.15, -0.1) is 0 Å². The highest BCUT2D eigenvalue weighted by molar-refractivity contribution is 6.05. The molecule has 0 radical (unpaired) electrons. The molecule has 0 bridgehead atoms. The molecular formula is C28H34N4O4. The van der Waals surface area contributed by atoms with E-state index in [0.717, 1.165) is 35.9 Å². The molecule has 1 saturated carbocycles. The Morgan fingerprint density at radius 3 is 2.58 bits per heavy atom. The molecule has 0 unspecified atom stereocenters. The summed E-state index contributed by atoms with van der Waals surface area (Å²) in [4.78, 5) is 34.2. The van der Waals surface area contributed by atoms with E-state index in [1.54, 1.807) is 25.3 Å². The lowest BCUT2D eigenvalue weighted by molar-refractivity contribution is -0.134. The number of nitrogens with one attached hydrogen (secondary N) is 1. The van der Waals surface area contributed by atoms with Crippen LogP contribution < -0.4 is 14.8 Å². The number of ether oxygens (including phenoxy) is 2. The van der Waals surface area contributed by atoms with Gasteiger partial charge in [0, 0.05) is 17.6 Å². The molecule has 0 spiro atoms. The fourth-order valence-electron chi connectivity index (χ4n) is 5.71. The van der Waals surface area contributed by atoms with Gasteiger partial charge in [-0.25, -0.2) is 0 Å². The minimum Gasteiger partial charge on any atom is -0.496 e. The third kappa shape index (κ3) is 3.98. The summed E-state index contributed by atoms with van der Waals surface area (Å²) in [6.07, 6.45) is 6.06. The van der Waals surface area contributed by atoms with Crippen molar-refractivity contribution in [1.82, 2.24) is 19.8 Å². The summed E-state index contributed by atoms with van der Waals surface area (Å²) in [6, 6.07) is 11.2. The Morgan fingerprint density at radius 2 is 1.89 bits per heavy atom. The number of fused-ring (bicyclic) bond motifs is 3. The number of aromatic nitrogens is 2. The number of hydrogen-bond acceptors (Lipinski definition) is 5. The average molecular weight is 491 g/mol. The molecule has 1 aliphatic heterocycles. The summed E-state index contributed by atoms with van der Waals surface area (Å²) >= 11 is 0. The van der Waals surface area contributed by atoms with Crippen LogP contribution in [0.1, 0.15) is 55.7 Å². The molecular weight excluding hydrogens is 456 g/mol. The summed E-state index contributed by atoms with van der Waals surface area (Å²) < 4.78 is 13.2. The first-order valence-corrected chi connectivity index (χ1v) is 12.6. The van der Waals surface area contributed by atoms with Gasteiger partial charge in [-0.2, -0.15) is 0 Å². The zero-order chi connectivity index (χ0) is 25.4. The summed E-state index contributed by atoms with van der Waals surface area (Å²) in [5.74, 6) is 1.33. The molecule has 2 aromatic heterocycles. The summed E-state index contributed by atoms with van der Waals surface area (Å²) in [7, 11) is 3.21. The molecule has 2 amide bonds. The van der Waals surface area contributed by atoms with Crippen LogP contribution in [0.4, 0.5) is 0 Å². The van der Waals surface area contributed by atoms with E-state index in [2.05, 4.69) is 17.2 Å². The fraction of sp³-hybridized carbons (Fsp3) is 0.464. The highest BCUT2D eigenvalue weighted by Crippen LogP contribution is 2.40. The van der Waals surface area contributed by atoms with Crippen LogP contribution in [0.25, 0.3) is 10.9 Å². The number of carbonyl (C=O) groups is 2. The smallest absolute Gasteiger partial charge is 0.271 e. The van der Waals surface area contributed by atoms with Gasteiger partial charge in [-0.05, 0) is 56.0 Å². The maximum absolute atomic E-state index is 14.1. The van der Waals surface area contributed by atoms with Crippen molar-refractivity contribution < 1.29 is 19.1 Å². The normalized spacial score (nSPS) is 23.9. The molecule has 1 fully saturated rings. The molecule has 190 valence electrons. The third-order valence-electron chi connectivity index (χ3n) is 7.91. The maximum Gasteiger partial charge on any atom is 0.271 e. The average Bonchev–Trinajstić information content (AvgIpc) is 3.27. The Hall–Kier alpha value is -3.55. The van der Waals surface area contributed by atoms with Crippen molar-refractivity contribution in [2.75, 3.05) is 14.2 Å². The SMILES string of the molecule is COc1ccc(OC)c2c1cc1n2C[C@](C)(C(=O)N[C@H]2CCCC[C@H]2C)N(Cc2ccccn2)C1=O. The number of nitrogens with zero attached hydrogens (tertiary/aromatic N) is 3. The Kier molecular flexibility index (Phi) is 6.36. The van der Waals surface area contributed by atoms with E-state index in [9.17, 15) is 9.59 Å². The number of benzene rings is 1. The lowest BCUT2D eigenvalue weighted by Gasteiger charge is -2.45. The van der Waals surface area contributed by atoms with Crippen LogP contribution in [0.15, 0.2) is 42.6 Å². The van der Waals surface area contributed by atoms with E-state index >= 15 is 0 Å². The zero-order valence-electron chi connectivity index (χ0n) is 21.4. The first-order valence-electron chi connectivity index (χ1n) is 12.6. The largest absolute Gasteiger partial charge is 0.496 e. The van der Waals surface area contributed by atoms with Crippen LogP contribution in [-0.4, -0.2) is 52.1 Å². The summed E-state index contributed by atoms with van der Waals surface area (Å²) in [5.41, 5.74) is 0.858. The summed E-state index contributed by atoms with van der Waals surface area (Å²) in [5, 5.41) is 4.10. The molecule has 3 atom stereocenters. The van der Waals surface area contributed by atoms with Gasteiger partial charge in [0.05, 0.1) is 38.5 Å². The minimum absolute atomic E-state index is 0.104. The number of carbonyl (C=O) groups excluding carboxylic acids is 2. The lowest BCUT2D eigenvalue weighted by atomic mass is 9.85.